The number of hydrogen-bond acceptors (Lipinski definition) is 4. The molecule has 1 rings (SSSR count). The topological polar surface area (TPSA) is 72.5 Å². The average Bonchev–Trinajstić information content (AvgIpc) is 2.36. The fraction of sp³-hybridized carbons (Fsp3) is 0.462. The van der Waals surface area contributed by atoms with E-state index >= 15 is 0 Å². The Hall–Kier alpha value is -1.27. The van der Waals surface area contributed by atoms with Crippen molar-refractivity contribution in [2.45, 2.75) is 31.7 Å². The number of carbonyl (C=O) groups excluding carboxylic acids is 1. The Labute approximate surface area is 123 Å². The third-order valence-electron chi connectivity index (χ3n) is 3.05. The van der Waals surface area contributed by atoms with Gasteiger partial charge >= 0.3 is 0 Å². The summed E-state index contributed by atoms with van der Waals surface area (Å²) in [5.41, 5.74) is 0.220. The molecular weight excluding hydrogens is 302 g/mol. The van der Waals surface area contributed by atoms with E-state index < -0.39 is 9.05 Å². The van der Waals surface area contributed by atoms with E-state index in [1.807, 2.05) is 20.8 Å². The molecular formula is C13H18ClNO4S. The Kier molecular flexibility index (Phi) is 5.42. The molecule has 20 heavy (non-hydrogen) atoms. The van der Waals surface area contributed by atoms with E-state index in [-0.39, 0.29) is 34.1 Å². The van der Waals surface area contributed by atoms with E-state index in [0.717, 1.165) is 0 Å². The molecule has 0 aliphatic carbocycles. The van der Waals surface area contributed by atoms with Crippen LogP contribution in [0.15, 0.2) is 23.1 Å². The lowest BCUT2D eigenvalue weighted by Crippen LogP contribution is -2.36. The third kappa shape index (κ3) is 4.11. The summed E-state index contributed by atoms with van der Waals surface area (Å²) in [6.07, 6.45) is 0. The van der Waals surface area contributed by atoms with Crippen molar-refractivity contribution in [2.75, 3.05) is 7.11 Å². The van der Waals surface area contributed by atoms with E-state index in [1.165, 1.54) is 25.3 Å². The van der Waals surface area contributed by atoms with E-state index in [9.17, 15) is 13.2 Å². The lowest BCUT2D eigenvalue weighted by atomic mass is 10.1. The summed E-state index contributed by atoms with van der Waals surface area (Å²) in [6, 6.07) is 4.08. The van der Waals surface area contributed by atoms with Gasteiger partial charge < -0.3 is 10.1 Å². The van der Waals surface area contributed by atoms with Gasteiger partial charge in [0.25, 0.3) is 15.0 Å². The number of hydrogen-bond donors (Lipinski definition) is 1. The molecule has 1 unspecified atom stereocenters. The van der Waals surface area contributed by atoms with Gasteiger partial charge in [0.1, 0.15) is 10.6 Å². The molecule has 1 atom stereocenters. The lowest BCUT2D eigenvalue weighted by molar-refractivity contribution is 0.0930. The van der Waals surface area contributed by atoms with Crippen LogP contribution < -0.4 is 10.1 Å². The van der Waals surface area contributed by atoms with E-state index in [2.05, 4.69) is 5.32 Å². The standard InChI is InChI=1S/C13H18ClNO4S/c1-8(2)9(3)15-13(16)10-5-6-11(19-4)12(7-10)20(14,17)18/h5-9H,1-4H3,(H,15,16). The first-order valence-corrected chi connectivity index (χ1v) is 8.41. The quantitative estimate of drug-likeness (QED) is 0.846. The fourth-order valence-electron chi connectivity index (χ4n) is 1.47. The molecule has 0 bridgehead atoms. The number of rotatable bonds is 5. The van der Waals surface area contributed by atoms with Gasteiger partial charge in [-0.3, -0.25) is 4.79 Å². The van der Waals surface area contributed by atoms with Crippen molar-refractivity contribution in [1.82, 2.24) is 5.32 Å². The van der Waals surface area contributed by atoms with Crippen LogP contribution in [0, 0.1) is 5.92 Å². The number of halogens is 1. The van der Waals surface area contributed by atoms with Crippen LogP contribution in [0.25, 0.3) is 0 Å². The number of methoxy groups -OCH3 is 1. The Bertz CT molecular complexity index is 598. The molecule has 5 nitrogen and oxygen atoms in total. The maximum atomic E-state index is 12.0. The SMILES string of the molecule is COc1ccc(C(=O)NC(C)C(C)C)cc1S(=O)(=O)Cl. The summed E-state index contributed by atoms with van der Waals surface area (Å²) in [6.45, 7) is 5.84. The molecule has 0 spiro atoms. The van der Waals surface area contributed by atoms with E-state index in [4.69, 9.17) is 15.4 Å². The van der Waals surface area contributed by atoms with Crippen LogP contribution in [-0.4, -0.2) is 27.5 Å². The molecule has 7 heteroatoms. The summed E-state index contributed by atoms with van der Waals surface area (Å²) in [5.74, 6) is 0.0253. The summed E-state index contributed by atoms with van der Waals surface area (Å²) < 4.78 is 27.9. The van der Waals surface area contributed by atoms with Crippen LogP contribution in [0.1, 0.15) is 31.1 Å². The number of amides is 1. The minimum absolute atomic E-state index is 0.0272. The lowest BCUT2D eigenvalue weighted by Gasteiger charge is -2.17. The molecule has 0 aliphatic heterocycles. The minimum Gasteiger partial charge on any atom is -0.495 e. The maximum absolute atomic E-state index is 12.0. The molecule has 0 aromatic heterocycles. The summed E-state index contributed by atoms with van der Waals surface area (Å²) >= 11 is 0. The second kappa shape index (κ2) is 6.45. The Balaban J connectivity index is 3.13. The van der Waals surface area contributed by atoms with Crippen molar-refractivity contribution in [3.8, 4) is 5.75 Å². The Morgan fingerprint density at radius 3 is 2.35 bits per heavy atom. The predicted octanol–water partition coefficient (Wildman–Crippen LogP) is 2.40. The first-order chi connectivity index (χ1) is 9.16. The van der Waals surface area contributed by atoms with Crippen molar-refractivity contribution in [3.05, 3.63) is 23.8 Å². The smallest absolute Gasteiger partial charge is 0.265 e. The normalized spacial score (nSPS) is 13.1. The van der Waals surface area contributed by atoms with Crippen molar-refractivity contribution in [3.63, 3.8) is 0 Å². The molecule has 0 radical (unpaired) electrons. The zero-order valence-electron chi connectivity index (χ0n) is 11.8. The van der Waals surface area contributed by atoms with Gasteiger partial charge in [0.05, 0.1) is 7.11 Å². The van der Waals surface area contributed by atoms with Crippen molar-refractivity contribution < 1.29 is 17.9 Å². The van der Waals surface area contributed by atoms with Crippen molar-refractivity contribution >= 4 is 25.6 Å². The van der Waals surface area contributed by atoms with Gasteiger partial charge in [-0.05, 0) is 31.0 Å². The van der Waals surface area contributed by atoms with Crippen molar-refractivity contribution in [2.24, 2.45) is 5.92 Å². The van der Waals surface area contributed by atoms with Crippen molar-refractivity contribution in [1.29, 1.82) is 0 Å². The second-order valence-electron chi connectivity index (χ2n) is 4.81. The largest absolute Gasteiger partial charge is 0.495 e. The van der Waals surface area contributed by atoms with Crippen LogP contribution in [0.2, 0.25) is 0 Å². The Morgan fingerprint density at radius 1 is 1.30 bits per heavy atom. The predicted molar refractivity (Wildman–Crippen MR) is 77.8 cm³/mol. The Morgan fingerprint density at radius 2 is 1.90 bits per heavy atom. The van der Waals surface area contributed by atoms with Crippen LogP contribution in [0.3, 0.4) is 0 Å². The summed E-state index contributed by atoms with van der Waals surface area (Å²) in [5, 5.41) is 2.79. The molecule has 1 N–H and O–H groups in total. The van der Waals surface area contributed by atoms with E-state index in [1.54, 1.807) is 0 Å². The van der Waals surface area contributed by atoms with Gasteiger partial charge in [-0.25, -0.2) is 8.42 Å². The van der Waals surface area contributed by atoms with Gasteiger partial charge in [-0.1, -0.05) is 13.8 Å². The first kappa shape index (κ1) is 16.8. The molecule has 0 saturated carbocycles. The zero-order valence-corrected chi connectivity index (χ0v) is 13.4. The van der Waals surface area contributed by atoms with Gasteiger partial charge in [0, 0.05) is 22.3 Å². The highest BCUT2D eigenvalue weighted by Gasteiger charge is 2.20. The molecule has 112 valence electrons. The molecule has 0 aliphatic rings. The molecule has 1 aromatic rings. The highest BCUT2D eigenvalue weighted by Crippen LogP contribution is 2.27. The zero-order chi connectivity index (χ0) is 15.5. The van der Waals surface area contributed by atoms with Gasteiger partial charge in [-0.2, -0.15) is 0 Å². The molecule has 0 saturated heterocycles. The van der Waals surface area contributed by atoms with Crippen LogP contribution in [0.4, 0.5) is 0 Å². The fourth-order valence-corrected chi connectivity index (χ4v) is 2.49. The summed E-state index contributed by atoms with van der Waals surface area (Å²) in [7, 11) is 2.69. The molecule has 0 heterocycles. The second-order valence-corrected chi connectivity index (χ2v) is 7.34. The minimum atomic E-state index is -3.98. The number of ether oxygens (including phenoxy) is 1. The molecule has 1 amide bonds. The van der Waals surface area contributed by atoms with Crippen LogP contribution in [0.5, 0.6) is 5.75 Å². The molecule has 0 fully saturated rings. The molecule has 1 aromatic carbocycles. The highest BCUT2D eigenvalue weighted by atomic mass is 35.7. The average molecular weight is 320 g/mol. The van der Waals surface area contributed by atoms with Gasteiger partial charge in [0.15, 0.2) is 0 Å². The third-order valence-corrected chi connectivity index (χ3v) is 4.39. The number of nitrogens with one attached hydrogen (secondary N) is 1. The van der Waals surface area contributed by atoms with E-state index in [0.29, 0.717) is 0 Å². The monoisotopic (exact) mass is 319 g/mol. The first-order valence-electron chi connectivity index (χ1n) is 6.10. The maximum Gasteiger partial charge on any atom is 0.265 e. The van der Waals surface area contributed by atoms with Crippen LogP contribution >= 0.6 is 10.7 Å². The number of carbonyl (C=O) groups is 1. The highest BCUT2D eigenvalue weighted by molar-refractivity contribution is 8.13. The van der Waals surface area contributed by atoms with Gasteiger partial charge in [-0.15, -0.1) is 0 Å². The van der Waals surface area contributed by atoms with Crippen LogP contribution in [-0.2, 0) is 9.05 Å². The number of benzene rings is 1. The summed E-state index contributed by atoms with van der Waals surface area (Å²) in [4.78, 5) is 11.8. The van der Waals surface area contributed by atoms with Gasteiger partial charge in [0.2, 0.25) is 0 Å².